The third kappa shape index (κ3) is 2.53. The van der Waals surface area contributed by atoms with Gasteiger partial charge in [-0.3, -0.25) is 0 Å². The summed E-state index contributed by atoms with van der Waals surface area (Å²) >= 11 is 0. The highest BCUT2D eigenvalue weighted by Gasteiger charge is 2.19. The lowest BCUT2D eigenvalue weighted by atomic mass is 9.91. The zero-order valence-corrected chi connectivity index (χ0v) is 6.75. The van der Waals surface area contributed by atoms with E-state index in [2.05, 4.69) is 5.92 Å². The van der Waals surface area contributed by atoms with Crippen molar-refractivity contribution in [1.82, 2.24) is 0 Å². The molecule has 2 N–H and O–H groups in total. The molecular weight excluding hydrogens is 138 g/mol. The van der Waals surface area contributed by atoms with Crippen LogP contribution in [0, 0.1) is 18.3 Å². The number of nitrogens with two attached hydrogens (primary N) is 1. The zero-order valence-electron chi connectivity index (χ0n) is 6.75. The Bertz CT molecular complexity index is 144. The summed E-state index contributed by atoms with van der Waals surface area (Å²) in [5.74, 6) is 3.18. The number of hydrogen-bond acceptors (Lipinski definition) is 2. The maximum atomic E-state index is 5.86. The molecule has 0 bridgehead atoms. The molecule has 1 fully saturated rings. The number of ether oxygens (including phenoxy) is 1. The largest absolute Gasteiger partial charge is 0.381 e. The van der Waals surface area contributed by atoms with Crippen molar-refractivity contribution >= 4 is 0 Å². The maximum absolute atomic E-state index is 5.86. The SMILES string of the molecule is C#CCC(N)C1CCOCC1. The van der Waals surface area contributed by atoms with E-state index in [1.54, 1.807) is 0 Å². The van der Waals surface area contributed by atoms with Crippen LogP contribution in [0.3, 0.4) is 0 Å². The molecule has 1 rings (SSSR count). The topological polar surface area (TPSA) is 35.2 Å². The first-order valence-electron chi connectivity index (χ1n) is 4.11. The van der Waals surface area contributed by atoms with E-state index in [9.17, 15) is 0 Å². The second-order valence-corrected chi connectivity index (χ2v) is 3.02. The summed E-state index contributed by atoms with van der Waals surface area (Å²) in [6, 6.07) is 0.184. The quantitative estimate of drug-likeness (QED) is 0.594. The first-order valence-corrected chi connectivity index (χ1v) is 4.11. The van der Waals surface area contributed by atoms with Crippen molar-refractivity contribution in [2.45, 2.75) is 25.3 Å². The predicted octanol–water partition coefficient (Wildman–Crippen LogP) is 0.764. The smallest absolute Gasteiger partial charge is 0.0469 e. The molecular formula is C9H15NO. The van der Waals surface area contributed by atoms with Crippen LogP contribution in [0.2, 0.25) is 0 Å². The fourth-order valence-electron chi connectivity index (χ4n) is 1.45. The molecule has 1 aliphatic rings. The van der Waals surface area contributed by atoms with Crippen LogP contribution in [0.4, 0.5) is 0 Å². The lowest BCUT2D eigenvalue weighted by Crippen LogP contribution is -2.33. The molecule has 0 spiro atoms. The van der Waals surface area contributed by atoms with E-state index in [0.29, 0.717) is 12.3 Å². The Hall–Kier alpha value is -0.520. The molecule has 2 nitrogen and oxygen atoms in total. The molecule has 1 atom stereocenters. The van der Waals surface area contributed by atoms with Crippen molar-refractivity contribution in [3.8, 4) is 12.3 Å². The van der Waals surface area contributed by atoms with Crippen LogP contribution in [0.1, 0.15) is 19.3 Å². The van der Waals surface area contributed by atoms with E-state index in [-0.39, 0.29) is 6.04 Å². The summed E-state index contributed by atoms with van der Waals surface area (Å²) in [5.41, 5.74) is 5.86. The highest BCUT2D eigenvalue weighted by Crippen LogP contribution is 2.18. The van der Waals surface area contributed by atoms with Gasteiger partial charge in [-0.15, -0.1) is 12.3 Å². The molecule has 0 saturated carbocycles. The van der Waals surface area contributed by atoms with Gasteiger partial charge in [0.2, 0.25) is 0 Å². The van der Waals surface area contributed by atoms with Crippen molar-refractivity contribution in [3.63, 3.8) is 0 Å². The summed E-state index contributed by atoms with van der Waals surface area (Å²) in [5, 5.41) is 0. The Morgan fingerprint density at radius 2 is 2.18 bits per heavy atom. The normalized spacial score (nSPS) is 22.5. The molecule has 1 aliphatic heterocycles. The van der Waals surface area contributed by atoms with Crippen molar-refractivity contribution in [2.24, 2.45) is 11.7 Å². The number of terminal acetylenes is 1. The van der Waals surface area contributed by atoms with Crippen LogP contribution in [0.25, 0.3) is 0 Å². The highest BCUT2D eigenvalue weighted by molar-refractivity contribution is 4.91. The van der Waals surface area contributed by atoms with Gasteiger partial charge in [0.15, 0.2) is 0 Å². The van der Waals surface area contributed by atoms with Crippen molar-refractivity contribution in [1.29, 1.82) is 0 Å². The second-order valence-electron chi connectivity index (χ2n) is 3.02. The Morgan fingerprint density at radius 1 is 1.55 bits per heavy atom. The first-order chi connectivity index (χ1) is 5.34. The monoisotopic (exact) mass is 153 g/mol. The Labute approximate surface area is 68.1 Å². The van der Waals surface area contributed by atoms with E-state index in [1.165, 1.54) is 0 Å². The van der Waals surface area contributed by atoms with Gasteiger partial charge >= 0.3 is 0 Å². The van der Waals surface area contributed by atoms with Crippen molar-refractivity contribution < 1.29 is 4.74 Å². The summed E-state index contributed by atoms with van der Waals surface area (Å²) in [7, 11) is 0. The average molecular weight is 153 g/mol. The van der Waals surface area contributed by atoms with Crippen LogP contribution in [0.5, 0.6) is 0 Å². The molecule has 0 aromatic rings. The van der Waals surface area contributed by atoms with Gasteiger partial charge in [0.1, 0.15) is 0 Å². The first kappa shape index (κ1) is 8.58. The van der Waals surface area contributed by atoms with Gasteiger partial charge in [0, 0.05) is 25.7 Å². The van der Waals surface area contributed by atoms with Gasteiger partial charge in [-0.1, -0.05) is 0 Å². The third-order valence-electron chi connectivity index (χ3n) is 2.23. The lowest BCUT2D eigenvalue weighted by Gasteiger charge is -2.26. The van der Waals surface area contributed by atoms with Crippen LogP contribution in [0.15, 0.2) is 0 Å². The standard InChI is InChI=1S/C9H15NO/c1-2-3-9(10)8-4-6-11-7-5-8/h1,8-9H,3-7,10H2. The predicted molar refractivity (Wildman–Crippen MR) is 45.0 cm³/mol. The lowest BCUT2D eigenvalue weighted by molar-refractivity contribution is 0.0590. The van der Waals surface area contributed by atoms with Gasteiger partial charge in [0.25, 0.3) is 0 Å². The molecule has 1 saturated heterocycles. The van der Waals surface area contributed by atoms with Gasteiger partial charge in [-0.25, -0.2) is 0 Å². The van der Waals surface area contributed by atoms with Crippen LogP contribution in [-0.4, -0.2) is 19.3 Å². The molecule has 1 unspecified atom stereocenters. The Kier molecular flexibility index (Phi) is 3.41. The maximum Gasteiger partial charge on any atom is 0.0469 e. The van der Waals surface area contributed by atoms with E-state index < -0.39 is 0 Å². The van der Waals surface area contributed by atoms with Crippen LogP contribution < -0.4 is 5.73 Å². The fourth-order valence-corrected chi connectivity index (χ4v) is 1.45. The van der Waals surface area contributed by atoms with E-state index >= 15 is 0 Å². The zero-order chi connectivity index (χ0) is 8.10. The molecule has 2 heteroatoms. The summed E-state index contributed by atoms with van der Waals surface area (Å²) in [6.45, 7) is 1.70. The van der Waals surface area contributed by atoms with Crippen LogP contribution in [-0.2, 0) is 4.74 Å². The van der Waals surface area contributed by atoms with Crippen molar-refractivity contribution in [2.75, 3.05) is 13.2 Å². The van der Waals surface area contributed by atoms with Gasteiger partial charge in [-0.2, -0.15) is 0 Å². The van der Waals surface area contributed by atoms with Gasteiger partial charge in [0.05, 0.1) is 0 Å². The number of hydrogen-bond donors (Lipinski definition) is 1. The minimum absolute atomic E-state index is 0.184. The van der Waals surface area contributed by atoms with Crippen LogP contribution >= 0.6 is 0 Å². The Balaban J connectivity index is 2.27. The van der Waals surface area contributed by atoms with Gasteiger partial charge < -0.3 is 10.5 Å². The minimum atomic E-state index is 0.184. The summed E-state index contributed by atoms with van der Waals surface area (Å²) in [6.07, 6.45) is 8.02. The average Bonchev–Trinajstić information content (AvgIpc) is 2.07. The number of rotatable bonds is 2. The second kappa shape index (κ2) is 4.38. The van der Waals surface area contributed by atoms with E-state index in [4.69, 9.17) is 16.9 Å². The molecule has 1 heterocycles. The fraction of sp³-hybridized carbons (Fsp3) is 0.778. The molecule has 0 amide bonds. The summed E-state index contributed by atoms with van der Waals surface area (Å²) < 4.78 is 5.22. The molecule has 62 valence electrons. The molecule has 11 heavy (non-hydrogen) atoms. The molecule has 0 aromatic carbocycles. The highest BCUT2D eigenvalue weighted by atomic mass is 16.5. The molecule has 0 aliphatic carbocycles. The van der Waals surface area contributed by atoms with E-state index in [0.717, 1.165) is 26.1 Å². The minimum Gasteiger partial charge on any atom is -0.381 e. The van der Waals surface area contributed by atoms with E-state index in [1.807, 2.05) is 0 Å². The summed E-state index contributed by atoms with van der Waals surface area (Å²) in [4.78, 5) is 0. The molecule has 0 radical (unpaired) electrons. The van der Waals surface area contributed by atoms with Crippen molar-refractivity contribution in [3.05, 3.63) is 0 Å². The third-order valence-corrected chi connectivity index (χ3v) is 2.23. The molecule has 0 aromatic heterocycles. The van der Waals surface area contributed by atoms with Gasteiger partial charge in [-0.05, 0) is 18.8 Å². The Morgan fingerprint density at radius 3 is 2.73 bits per heavy atom.